The molecule has 1 unspecified atom stereocenters. The molecule has 1 aliphatic heterocycles. The fourth-order valence-corrected chi connectivity index (χ4v) is 3.90. The van der Waals surface area contributed by atoms with Crippen molar-refractivity contribution >= 4 is 29.7 Å². The average molecular weight is 558 g/mol. The first kappa shape index (κ1) is 30.1. The van der Waals surface area contributed by atoms with E-state index in [4.69, 9.17) is 9.47 Å². The van der Waals surface area contributed by atoms with Crippen LogP contribution in [0, 0.1) is 5.41 Å². The molecule has 0 saturated carbocycles. The van der Waals surface area contributed by atoms with Crippen molar-refractivity contribution in [3.05, 3.63) is 42.1 Å². The van der Waals surface area contributed by atoms with Crippen LogP contribution in [0.25, 0.3) is 5.69 Å². The van der Waals surface area contributed by atoms with Crippen LogP contribution in [-0.4, -0.2) is 100 Å². The molecule has 3 rings (SSSR count). The molecule has 1 fully saturated rings. The van der Waals surface area contributed by atoms with E-state index in [2.05, 4.69) is 10.4 Å². The minimum absolute atomic E-state index is 0.0781. The number of rotatable bonds is 10. The third-order valence-corrected chi connectivity index (χ3v) is 6.37. The molecular weight excluding hydrogens is 522 g/mol. The highest BCUT2D eigenvalue weighted by molar-refractivity contribution is 5.96. The molecule has 1 atom stereocenters. The van der Waals surface area contributed by atoms with Gasteiger partial charge in [0, 0.05) is 44.1 Å². The van der Waals surface area contributed by atoms with E-state index in [1.54, 1.807) is 45.0 Å². The first-order chi connectivity index (χ1) is 18.9. The normalized spacial score (nSPS) is 14.3. The summed E-state index contributed by atoms with van der Waals surface area (Å²) in [5.74, 6) is -2.28. The summed E-state index contributed by atoms with van der Waals surface area (Å²) in [5, 5.41) is 16.2. The van der Waals surface area contributed by atoms with Gasteiger partial charge in [0.15, 0.2) is 11.5 Å². The van der Waals surface area contributed by atoms with Crippen LogP contribution in [0.3, 0.4) is 0 Å². The number of carbonyl (C=O) groups is 5. The van der Waals surface area contributed by atoms with Crippen molar-refractivity contribution in [2.45, 2.75) is 39.7 Å². The Morgan fingerprint density at radius 1 is 1.02 bits per heavy atom. The SMILES string of the molecule is COC(=O)N1CCN(C(=O)C(CCC(=O)O)NC(=O)c2cc(OCC(=O)C(C)(C)C)n(-c3ccccc3)n2)CC1. The van der Waals surface area contributed by atoms with Crippen LogP contribution in [0.15, 0.2) is 36.4 Å². The van der Waals surface area contributed by atoms with Crippen LogP contribution in [0.4, 0.5) is 4.79 Å². The minimum atomic E-state index is -1.14. The Morgan fingerprint density at radius 3 is 2.23 bits per heavy atom. The smallest absolute Gasteiger partial charge is 0.409 e. The highest BCUT2D eigenvalue weighted by atomic mass is 16.5. The zero-order chi connectivity index (χ0) is 29.4. The van der Waals surface area contributed by atoms with Crippen molar-refractivity contribution in [3.63, 3.8) is 0 Å². The first-order valence-corrected chi connectivity index (χ1v) is 12.9. The molecule has 40 heavy (non-hydrogen) atoms. The van der Waals surface area contributed by atoms with E-state index in [9.17, 15) is 29.1 Å². The molecule has 2 heterocycles. The predicted octanol–water partition coefficient (Wildman–Crippen LogP) is 1.74. The number of Topliss-reactive ketones (excluding diaryl/α,β-unsaturated/α-hetero) is 1. The van der Waals surface area contributed by atoms with Gasteiger partial charge >= 0.3 is 12.1 Å². The van der Waals surface area contributed by atoms with Crippen LogP contribution in [0.2, 0.25) is 0 Å². The molecule has 1 aromatic heterocycles. The second kappa shape index (κ2) is 13.1. The van der Waals surface area contributed by atoms with E-state index >= 15 is 0 Å². The van der Waals surface area contributed by atoms with Gasteiger partial charge in [-0.25, -0.2) is 9.48 Å². The molecule has 2 N–H and O–H groups in total. The number of hydrogen-bond acceptors (Lipinski definition) is 8. The highest BCUT2D eigenvalue weighted by Crippen LogP contribution is 2.22. The van der Waals surface area contributed by atoms with Crippen LogP contribution >= 0.6 is 0 Å². The molecule has 0 spiro atoms. The molecule has 3 amide bonds. The quantitative estimate of drug-likeness (QED) is 0.443. The Hall–Kier alpha value is -4.42. The molecule has 13 nitrogen and oxygen atoms in total. The first-order valence-electron chi connectivity index (χ1n) is 12.9. The number of benzene rings is 1. The summed E-state index contributed by atoms with van der Waals surface area (Å²) in [6.45, 7) is 5.98. The number of nitrogens with one attached hydrogen (secondary N) is 1. The largest absolute Gasteiger partial charge is 0.481 e. The summed E-state index contributed by atoms with van der Waals surface area (Å²) >= 11 is 0. The molecule has 0 aliphatic carbocycles. The number of piperazine rings is 1. The lowest BCUT2D eigenvalue weighted by Gasteiger charge is -2.35. The van der Waals surface area contributed by atoms with E-state index in [0.717, 1.165) is 0 Å². The molecular formula is C27H35N5O8. The number of aliphatic carboxylic acids is 1. The Labute approximate surface area is 232 Å². The number of ketones is 1. The number of amides is 3. The maximum Gasteiger partial charge on any atom is 0.409 e. The van der Waals surface area contributed by atoms with Crippen molar-refractivity contribution in [2.24, 2.45) is 5.41 Å². The molecule has 1 aromatic carbocycles. The Balaban J connectivity index is 1.80. The average Bonchev–Trinajstić information content (AvgIpc) is 3.37. The number of methoxy groups -OCH3 is 1. The summed E-state index contributed by atoms with van der Waals surface area (Å²) in [5.41, 5.74) is -0.120. The Bertz CT molecular complexity index is 1230. The zero-order valence-electron chi connectivity index (χ0n) is 23.1. The molecule has 0 radical (unpaired) electrons. The standard InChI is InChI=1S/C27H35N5O8/c1-27(2,3)21(33)17-40-22-16-20(29-32(22)18-8-6-5-7-9-18)24(36)28-19(10-11-23(34)35)25(37)30-12-14-31(15-13-30)26(38)39-4/h5-9,16,19H,10-15,17H2,1-4H3,(H,28,36)(H,34,35). The van der Waals surface area contributed by atoms with Gasteiger partial charge in [0.2, 0.25) is 11.8 Å². The summed E-state index contributed by atoms with van der Waals surface area (Å²) in [6, 6.07) is 9.10. The maximum atomic E-state index is 13.3. The highest BCUT2D eigenvalue weighted by Gasteiger charge is 2.32. The van der Waals surface area contributed by atoms with Gasteiger partial charge < -0.3 is 29.7 Å². The van der Waals surface area contributed by atoms with E-state index < -0.39 is 35.3 Å². The van der Waals surface area contributed by atoms with Crippen molar-refractivity contribution < 1.29 is 38.6 Å². The van der Waals surface area contributed by atoms with Crippen molar-refractivity contribution in [1.82, 2.24) is 24.9 Å². The number of ether oxygens (including phenoxy) is 2. The van der Waals surface area contributed by atoms with Gasteiger partial charge in [0.05, 0.1) is 12.8 Å². The van der Waals surface area contributed by atoms with Gasteiger partial charge in [0.25, 0.3) is 5.91 Å². The number of carbonyl (C=O) groups excluding carboxylic acids is 4. The fraction of sp³-hybridized carbons (Fsp3) is 0.481. The fourth-order valence-electron chi connectivity index (χ4n) is 3.90. The summed E-state index contributed by atoms with van der Waals surface area (Å²) in [7, 11) is 1.27. The second-order valence-electron chi connectivity index (χ2n) is 10.3. The van der Waals surface area contributed by atoms with E-state index in [0.29, 0.717) is 5.69 Å². The number of para-hydroxylation sites is 1. The zero-order valence-corrected chi connectivity index (χ0v) is 23.1. The minimum Gasteiger partial charge on any atom is -0.481 e. The van der Waals surface area contributed by atoms with Gasteiger partial charge in [-0.2, -0.15) is 5.10 Å². The number of nitrogens with zero attached hydrogens (tertiary/aromatic N) is 4. The molecule has 2 aromatic rings. The number of carboxylic acids is 1. The predicted molar refractivity (Wildman–Crippen MR) is 142 cm³/mol. The maximum absolute atomic E-state index is 13.3. The van der Waals surface area contributed by atoms with Gasteiger partial charge in [-0.15, -0.1) is 0 Å². The molecule has 216 valence electrons. The van der Waals surface area contributed by atoms with Gasteiger partial charge in [-0.3, -0.25) is 19.2 Å². The molecule has 1 aliphatic rings. The van der Waals surface area contributed by atoms with Gasteiger partial charge in [0.1, 0.15) is 12.6 Å². The van der Waals surface area contributed by atoms with E-state index in [1.165, 1.54) is 27.7 Å². The molecule has 13 heteroatoms. The van der Waals surface area contributed by atoms with Gasteiger partial charge in [-0.05, 0) is 18.6 Å². The summed E-state index contributed by atoms with van der Waals surface area (Å²) < 4.78 is 11.8. The summed E-state index contributed by atoms with van der Waals surface area (Å²) in [4.78, 5) is 64.9. The lowest BCUT2D eigenvalue weighted by Crippen LogP contribution is -2.56. The number of aromatic nitrogens is 2. The third kappa shape index (κ3) is 7.80. The van der Waals surface area contributed by atoms with Crippen molar-refractivity contribution in [1.29, 1.82) is 0 Å². The lowest BCUT2D eigenvalue weighted by molar-refractivity contribution is -0.138. The number of carboxylic acid groups (broad SMARTS) is 1. The lowest BCUT2D eigenvalue weighted by atomic mass is 9.91. The Kier molecular flexibility index (Phi) is 9.86. The van der Waals surface area contributed by atoms with E-state index in [-0.39, 0.29) is 63.0 Å². The topological polar surface area (TPSA) is 160 Å². The molecule has 1 saturated heterocycles. The number of hydrogen-bond donors (Lipinski definition) is 2. The van der Waals surface area contributed by atoms with Crippen LogP contribution < -0.4 is 10.1 Å². The third-order valence-electron chi connectivity index (χ3n) is 6.37. The second-order valence-corrected chi connectivity index (χ2v) is 10.3. The van der Waals surface area contributed by atoms with Crippen LogP contribution in [-0.2, 0) is 19.1 Å². The van der Waals surface area contributed by atoms with Gasteiger partial charge in [-0.1, -0.05) is 39.0 Å². The van der Waals surface area contributed by atoms with Crippen molar-refractivity contribution in [2.75, 3.05) is 39.9 Å². The van der Waals surface area contributed by atoms with Crippen LogP contribution in [0.1, 0.15) is 44.1 Å². The Morgan fingerprint density at radius 2 is 1.65 bits per heavy atom. The summed E-state index contributed by atoms with van der Waals surface area (Å²) in [6.07, 6.45) is -0.986. The monoisotopic (exact) mass is 557 g/mol. The molecule has 0 bridgehead atoms. The van der Waals surface area contributed by atoms with Crippen molar-refractivity contribution in [3.8, 4) is 11.6 Å². The van der Waals surface area contributed by atoms with Crippen LogP contribution in [0.5, 0.6) is 5.88 Å². The van der Waals surface area contributed by atoms with E-state index in [1.807, 2.05) is 6.07 Å².